The van der Waals surface area contributed by atoms with Gasteiger partial charge in [-0.2, -0.15) is 0 Å². The van der Waals surface area contributed by atoms with Gasteiger partial charge in [-0.15, -0.1) is 0 Å². The van der Waals surface area contributed by atoms with E-state index in [1.165, 1.54) is 30.4 Å². The summed E-state index contributed by atoms with van der Waals surface area (Å²) in [7, 11) is 0. The molecule has 2 unspecified atom stereocenters. The molecule has 31 heavy (non-hydrogen) atoms. The number of aliphatic hydroxyl groups excluding tert-OH is 1. The lowest BCUT2D eigenvalue weighted by Gasteiger charge is -2.43. The molecule has 8 nitrogen and oxygen atoms in total. The minimum atomic E-state index is -1.28. The first kappa shape index (κ1) is 21.8. The van der Waals surface area contributed by atoms with Crippen LogP contribution in [0.15, 0.2) is 36.0 Å². The zero-order valence-corrected chi connectivity index (χ0v) is 17.4. The largest absolute Gasteiger partial charge is 0.432 e. The van der Waals surface area contributed by atoms with Gasteiger partial charge in [0.1, 0.15) is 11.5 Å². The Morgan fingerprint density at radius 1 is 0.742 bits per heavy atom. The SMILES string of the molecule is O=C1OC2(CCCCC2)OC(=O)C1=C/C=C/C=C/C1C(=O)OC2(CCCCC2)OC1O. The Balaban J connectivity index is 1.34. The van der Waals surface area contributed by atoms with Gasteiger partial charge in [0.25, 0.3) is 5.79 Å². The van der Waals surface area contributed by atoms with Crippen LogP contribution in [0.1, 0.15) is 64.2 Å². The fraction of sp³-hybridized carbons (Fsp3) is 0.609. The van der Waals surface area contributed by atoms with Gasteiger partial charge in [-0.25, -0.2) is 9.59 Å². The fourth-order valence-electron chi connectivity index (χ4n) is 4.55. The van der Waals surface area contributed by atoms with Crippen molar-refractivity contribution in [1.82, 2.24) is 0 Å². The van der Waals surface area contributed by atoms with Crippen LogP contribution >= 0.6 is 0 Å². The molecular formula is C23H28O8. The standard InChI is InChI=1S/C23H28O8/c24-18-16(19(25)29-22(28-18)12-6-2-7-13-22)10-4-1-5-11-17-20(26)30-23(31-21(17)27)14-8-3-9-15-23/h1,4-5,10-11,16,18,24H,2-3,6-9,12-15H2/b5-1+,10-4+. The number of carbonyl (C=O) groups excluding carboxylic acids is 3. The zero-order valence-electron chi connectivity index (χ0n) is 17.4. The number of rotatable bonds is 3. The molecule has 0 aromatic carbocycles. The minimum Gasteiger partial charge on any atom is -0.432 e. The summed E-state index contributed by atoms with van der Waals surface area (Å²) in [6.45, 7) is 0. The van der Waals surface area contributed by atoms with Crippen LogP contribution in [0.25, 0.3) is 0 Å². The van der Waals surface area contributed by atoms with Gasteiger partial charge in [0.05, 0.1) is 0 Å². The number of aliphatic hydroxyl groups is 1. The van der Waals surface area contributed by atoms with E-state index in [2.05, 4.69) is 0 Å². The van der Waals surface area contributed by atoms with Gasteiger partial charge >= 0.3 is 17.9 Å². The Kier molecular flexibility index (Phi) is 6.29. The zero-order chi connectivity index (χ0) is 21.9. The molecular weight excluding hydrogens is 404 g/mol. The van der Waals surface area contributed by atoms with Gasteiger partial charge in [0.15, 0.2) is 6.29 Å². The Hall–Kier alpha value is -2.45. The average molecular weight is 432 g/mol. The summed E-state index contributed by atoms with van der Waals surface area (Å²) < 4.78 is 22.0. The summed E-state index contributed by atoms with van der Waals surface area (Å²) >= 11 is 0. The first-order valence-corrected chi connectivity index (χ1v) is 11.0. The number of allylic oxidation sites excluding steroid dienone is 4. The van der Waals surface area contributed by atoms with E-state index in [9.17, 15) is 19.5 Å². The second-order valence-electron chi connectivity index (χ2n) is 8.53. The van der Waals surface area contributed by atoms with E-state index in [4.69, 9.17) is 18.9 Å². The average Bonchev–Trinajstić information content (AvgIpc) is 2.72. The van der Waals surface area contributed by atoms with E-state index < -0.39 is 41.7 Å². The highest BCUT2D eigenvalue weighted by molar-refractivity contribution is 6.15. The monoisotopic (exact) mass is 432 g/mol. The Morgan fingerprint density at radius 2 is 1.32 bits per heavy atom. The van der Waals surface area contributed by atoms with Gasteiger partial charge < -0.3 is 24.1 Å². The molecule has 2 saturated carbocycles. The first-order chi connectivity index (χ1) is 14.9. The summed E-state index contributed by atoms with van der Waals surface area (Å²) in [6.07, 6.45) is 13.8. The third-order valence-corrected chi connectivity index (χ3v) is 6.23. The van der Waals surface area contributed by atoms with E-state index in [0.29, 0.717) is 25.7 Å². The van der Waals surface area contributed by atoms with E-state index >= 15 is 0 Å². The molecule has 0 amide bonds. The number of carbonyl (C=O) groups is 3. The maximum absolute atomic E-state index is 12.4. The lowest BCUT2D eigenvalue weighted by molar-refractivity contribution is -0.332. The fourth-order valence-corrected chi connectivity index (χ4v) is 4.55. The van der Waals surface area contributed by atoms with E-state index in [1.54, 1.807) is 0 Å². The van der Waals surface area contributed by atoms with Crippen molar-refractivity contribution in [3.63, 3.8) is 0 Å². The molecule has 1 N–H and O–H groups in total. The minimum absolute atomic E-state index is 0.180. The van der Waals surface area contributed by atoms with E-state index in [-0.39, 0.29) is 5.57 Å². The molecule has 168 valence electrons. The predicted octanol–water partition coefficient (Wildman–Crippen LogP) is 2.95. The maximum Gasteiger partial charge on any atom is 0.348 e. The van der Waals surface area contributed by atoms with Crippen molar-refractivity contribution in [2.75, 3.05) is 0 Å². The van der Waals surface area contributed by atoms with Crippen LogP contribution in [0.5, 0.6) is 0 Å². The van der Waals surface area contributed by atoms with Crippen LogP contribution in [0.4, 0.5) is 0 Å². The quantitative estimate of drug-likeness (QED) is 0.314. The number of hydrogen-bond acceptors (Lipinski definition) is 8. The molecule has 0 radical (unpaired) electrons. The smallest absolute Gasteiger partial charge is 0.348 e. The third kappa shape index (κ3) is 4.75. The van der Waals surface area contributed by atoms with Crippen molar-refractivity contribution in [3.05, 3.63) is 36.0 Å². The lowest BCUT2D eigenvalue weighted by atomic mass is 9.92. The first-order valence-electron chi connectivity index (χ1n) is 11.0. The van der Waals surface area contributed by atoms with Crippen molar-refractivity contribution in [2.45, 2.75) is 82.1 Å². The van der Waals surface area contributed by atoms with Crippen LogP contribution < -0.4 is 0 Å². The summed E-state index contributed by atoms with van der Waals surface area (Å²) in [5, 5.41) is 10.3. The van der Waals surface area contributed by atoms with Crippen LogP contribution in [0.2, 0.25) is 0 Å². The third-order valence-electron chi connectivity index (χ3n) is 6.23. The molecule has 4 fully saturated rings. The Morgan fingerprint density at radius 3 is 1.90 bits per heavy atom. The lowest BCUT2D eigenvalue weighted by Crippen LogP contribution is -2.52. The molecule has 0 aromatic heterocycles. The molecule has 2 aliphatic heterocycles. The Bertz CT molecular complexity index is 789. The molecule has 4 aliphatic rings. The molecule has 8 heteroatoms. The second-order valence-corrected chi connectivity index (χ2v) is 8.53. The predicted molar refractivity (Wildman–Crippen MR) is 107 cm³/mol. The summed E-state index contributed by atoms with van der Waals surface area (Å²) in [4.78, 5) is 36.9. The number of hydrogen-bond donors (Lipinski definition) is 1. The van der Waals surface area contributed by atoms with Crippen LogP contribution in [-0.2, 0) is 33.3 Å². The molecule has 2 heterocycles. The summed E-state index contributed by atoms with van der Waals surface area (Å²) in [5.74, 6) is -4.97. The highest BCUT2D eigenvalue weighted by Crippen LogP contribution is 2.39. The second kappa shape index (κ2) is 8.96. The van der Waals surface area contributed by atoms with Crippen LogP contribution in [0, 0.1) is 5.92 Å². The van der Waals surface area contributed by atoms with Crippen molar-refractivity contribution in [3.8, 4) is 0 Å². The summed E-state index contributed by atoms with van der Waals surface area (Å²) in [5.41, 5.74) is -0.180. The van der Waals surface area contributed by atoms with Crippen LogP contribution in [-0.4, -0.2) is 40.9 Å². The van der Waals surface area contributed by atoms with Gasteiger partial charge in [-0.05, 0) is 31.8 Å². The van der Waals surface area contributed by atoms with Crippen molar-refractivity contribution in [2.24, 2.45) is 5.92 Å². The van der Waals surface area contributed by atoms with Crippen LogP contribution in [0.3, 0.4) is 0 Å². The molecule has 2 atom stereocenters. The molecule has 2 saturated heterocycles. The Labute approximate surface area is 180 Å². The van der Waals surface area contributed by atoms with Crippen molar-refractivity contribution < 1.29 is 38.4 Å². The topological polar surface area (TPSA) is 108 Å². The highest BCUT2D eigenvalue weighted by atomic mass is 16.8. The highest BCUT2D eigenvalue weighted by Gasteiger charge is 2.48. The van der Waals surface area contributed by atoms with Gasteiger partial charge in [0, 0.05) is 25.7 Å². The normalized spacial score (nSPS) is 30.5. The van der Waals surface area contributed by atoms with E-state index in [1.807, 2.05) is 0 Å². The number of ether oxygens (including phenoxy) is 4. The van der Waals surface area contributed by atoms with E-state index in [0.717, 1.165) is 38.5 Å². The molecule has 0 aromatic rings. The van der Waals surface area contributed by atoms with Gasteiger partial charge in [-0.3, -0.25) is 4.79 Å². The summed E-state index contributed by atoms with van der Waals surface area (Å²) in [6, 6.07) is 0. The molecule has 2 spiro atoms. The number of esters is 3. The van der Waals surface area contributed by atoms with Gasteiger partial charge in [0.2, 0.25) is 5.79 Å². The molecule has 4 rings (SSSR count). The molecule has 2 aliphatic carbocycles. The molecule has 0 bridgehead atoms. The van der Waals surface area contributed by atoms with Crippen molar-refractivity contribution in [1.29, 1.82) is 0 Å². The van der Waals surface area contributed by atoms with Crippen molar-refractivity contribution >= 4 is 17.9 Å². The maximum atomic E-state index is 12.4. The van der Waals surface area contributed by atoms with Gasteiger partial charge in [-0.1, -0.05) is 37.1 Å².